The summed E-state index contributed by atoms with van der Waals surface area (Å²) in [6.45, 7) is 0. The van der Waals surface area contributed by atoms with Gasteiger partial charge < -0.3 is 10.3 Å². The standard InChI is InChI=1S/C18H23N3/c1-2-15(13-4-5-13)10-17(3-1)21-16-8-6-14(7-9-16)18-11-19-12-20-18/h6-9,11-13,15,17,21H,1-5,10H2,(H,19,20). The minimum atomic E-state index is 0.669. The number of rotatable bonds is 4. The molecule has 2 aromatic rings. The number of H-pyrrole nitrogens is 1. The number of nitrogens with zero attached hydrogens (tertiary/aromatic N) is 1. The van der Waals surface area contributed by atoms with E-state index >= 15 is 0 Å². The highest BCUT2D eigenvalue weighted by Crippen LogP contribution is 2.44. The fourth-order valence-corrected chi connectivity index (χ4v) is 3.75. The molecule has 110 valence electrons. The second kappa shape index (κ2) is 5.55. The summed E-state index contributed by atoms with van der Waals surface area (Å²) in [5.74, 6) is 2.04. The molecule has 2 aliphatic rings. The molecule has 2 aliphatic carbocycles. The lowest BCUT2D eigenvalue weighted by Gasteiger charge is -2.30. The van der Waals surface area contributed by atoms with Crippen LogP contribution in [0.3, 0.4) is 0 Å². The normalized spacial score (nSPS) is 25.7. The van der Waals surface area contributed by atoms with Crippen LogP contribution in [0.5, 0.6) is 0 Å². The van der Waals surface area contributed by atoms with Crippen molar-refractivity contribution in [3.63, 3.8) is 0 Å². The second-order valence-electron chi connectivity index (χ2n) is 6.65. The number of aromatic nitrogens is 2. The third-order valence-corrected chi connectivity index (χ3v) is 5.07. The van der Waals surface area contributed by atoms with Gasteiger partial charge >= 0.3 is 0 Å². The van der Waals surface area contributed by atoms with E-state index in [4.69, 9.17) is 0 Å². The molecular formula is C18H23N3. The highest BCUT2D eigenvalue weighted by Gasteiger charge is 2.34. The van der Waals surface area contributed by atoms with Crippen LogP contribution in [0, 0.1) is 11.8 Å². The van der Waals surface area contributed by atoms with Gasteiger partial charge in [-0.25, -0.2) is 4.98 Å². The maximum absolute atomic E-state index is 4.07. The Bertz CT molecular complexity index is 569. The molecule has 0 radical (unpaired) electrons. The van der Waals surface area contributed by atoms with E-state index in [1.165, 1.54) is 49.8 Å². The molecule has 1 aromatic heterocycles. The maximum Gasteiger partial charge on any atom is 0.0924 e. The first-order valence-electron chi connectivity index (χ1n) is 8.24. The van der Waals surface area contributed by atoms with Crippen molar-refractivity contribution in [2.45, 2.75) is 44.6 Å². The SMILES string of the molecule is c1ncc(-c2ccc(NC3CCCC(C4CC4)C3)cc2)[nH]1. The molecule has 3 nitrogen and oxygen atoms in total. The Morgan fingerprint density at radius 2 is 1.86 bits per heavy atom. The maximum atomic E-state index is 4.07. The van der Waals surface area contributed by atoms with Gasteiger partial charge in [-0.1, -0.05) is 25.0 Å². The molecule has 4 rings (SSSR count). The summed E-state index contributed by atoms with van der Waals surface area (Å²) in [5.41, 5.74) is 3.52. The number of benzene rings is 1. The summed E-state index contributed by atoms with van der Waals surface area (Å²) in [7, 11) is 0. The average molecular weight is 281 g/mol. The summed E-state index contributed by atoms with van der Waals surface area (Å²) in [4.78, 5) is 7.22. The van der Waals surface area contributed by atoms with Crippen LogP contribution in [-0.2, 0) is 0 Å². The molecule has 2 saturated carbocycles. The van der Waals surface area contributed by atoms with Crippen molar-refractivity contribution in [3.8, 4) is 11.3 Å². The first kappa shape index (κ1) is 12.9. The van der Waals surface area contributed by atoms with E-state index in [9.17, 15) is 0 Å². The molecule has 2 fully saturated rings. The van der Waals surface area contributed by atoms with Crippen molar-refractivity contribution in [1.29, 1.82) is 0 Å². The molecule has 0 amide bonds. The fourth-order valence-electron chi connectivity index (χ4n) is 3.75. The third-order valence-electron chi connectivity index (χ3n) is 5.07. The van der Waals surface area contributed by atoms with Crippen molar-refractivity contribution in [1.82, 2.24) is 9.97 Å². The smallest absolute Gasteiger partial charge is 0.0924 e. The topological polar surface area (TPSA) is 40.7 Å². The van der Waals surface area contributed by atoms with Crippen LogP contribution in [0.15, 0.2) is 36.8 Å². The Labute approximate surface area is 126 Å². The Balaban J connectivity index is 1.40. The predicted octanol–water partition coefficient (Wildman–Crippen LogP) is 4.46. The molecule has 0 spiro atoms. The van der Waals surface area contributed by atoms with E-state index in [1.54, 1.807) is 6.33 Å². The van der Waals surface area contributed by atoms with Crippen LogP contribution in [-0.4, -0.2) is 16.0 Å². The molecule has 2 atom stereocenters. The molecule has 0 bridgehead atoms. The molecule has 2 N–H and O–H groups in total. The molecular weight excluding hydrogens is 258 g/mol. The van der Waals surface area contributed by atoms with Crippen LogP contribution in [0.1, 0.15) is 38.5 Å². The van der Waals surface area contributed by atoms with E-state index in [2.05, 4.69) is 39.6 Å². The van der Waals surface area contributed by atoms with Crippen LogP contribution in [0.25, 0.3) is 11.3 Å². The van der Waals surface area contributed by atoms with Crippen molar-refractivity contribution < 1.29 is 0 Å². The van der Waals surface area contributed by atoms with E-state index in [-0.39, 0.29) is 0 Å². The molecule has 1 aromatic carbocycles. The van der Waals surface area contributed by atoms with Gasteiger partial charge in [0.2, 0.25) is 0 Å². The van der Waals surface area contributed by atoms with E-state index in [0.29, 0.717) is 6.04 Å². The first-order chi connectivity index (χ1) is 10.4. The Morgan fingerprint density at radius 1 is 1.00 bits per heavy atom. The van der Waals surface area contributed by atoms with Crippen LogP contribution < -0.4 is 5.32 Å². The summed E-state index contributed by atoms with van der Waals surface area (Å²) in [5, 5.41) is 3.74. The van der Waals surface area contributed by atoms with E-state index < -0.39 is 0 Å². The number of hydrogen-bond donors (Lipinski definition) is 2. The first-order valence-corrected chi connectivity index (χ1v) is 8.24. The van der Waals surface area contributed by atoms with Gasteiger partial charge in [0, 0.05) is 11.7 Å². The third kappa shape index (κ3) is 2.97. The zero-order valence-corrected chi connectivity index (χ0v) is 12.4. The minimum Gasteiger partial charge on any atom is -0.382 e. The van der Waals surface area contributed by atoms with Gasteiger partial charge in [-0.05, 0) is 55.2 Å². The predicted molar refractivity (Wildman–Crippen MR) is 86.1 cm³/mol. The molecule has 21 heavy (non-hydrogen) atoms. The highest BCUT2D eigenvalue weighted by molar-refractivity contribution is 5.62. The molecule has 2 unspecified atom stereocenters. The Kier molecular flexibility index (Phi) is 3.42. The van der Waals surface area contributed by atoms with Gasteiger partial charge in [0.15, 0.2) is 0 Å². The van der Waals surface area contributed by atoms with Crippen LogP contribution >= 0.6 is 0 Å². The lowest BCUT2D eigenvalue weighted by atomic mass is 9.82. The number of anilines is 1. The summed E-state index contributed by atoms with van der Waals surface area (Å²) >= 11 is 0. The lowest BCUT2D eigenvalue weighted by Crippen LogP contribution is -2.28. The molecule has 1 heterocycles. The fraction of sp³-hybridized carbons (Fsp3) is 0.500. The molecule has 0 saturated heterocycles. The van der Waals surface area contributed by atoms with Gasteiger partial charge in [0.1, 0.15) is 0 Å². The van der Waals surface area contributed by atoms with Gasteiger partial charge in [0.25, 0.3) is 0 Å². The van der Waals surface area contributed by atoms with Crippen LogP contribution in [0.2, 0.25) is 0 Å². The monoisotopic (exact) mass is 281 g/mol. The number of nitrogens with one attached hydrogen (secondary N) is 2. The second-order valence-corrected chi connectivity index (χ2v) is 6.65. The zero-order chi connectivity index (χ0) is 14.1. The number of imidazole rings is 1. The largest absolute Gasteiger partial charge is 0.382 e. The van der Waals surface area contributed by atoms with E-state index in [1.807, 2.05) is 6.20 Å². The Morgan fingerprint density at radius 3 is 2.57 bits per heavy atom. The quantitative estimate of drug-likeness (QED) is 0.868. The zero-order valence-electron chi connectivity index (χ0n) is 12.4. The van der Waals surface area contributed by atoms with Crippen LogP contribution in [0.4, 0.5) is 5.69 Å². The Hall–Kier alpha value is -1.77. The summed E-state index contributed by atoms with van der Waals surface area (Å²) < 4.78 is 0. The van der Waals surface area contributed by atoms with Crippen molar-refractivity contribution in [3.05, 3.63) is 36.8 Å². The van der Waals surface area contributed by atoms with Crippen molar-refractivity contribution in [2.75, 3.05) is 5.32 Å². The lowest BCUT2D eigenvalue weighted by molar-refractivity contribution is 0.303. The number of hydrogen-bond acceptors (Lipinski definition) is 2. The summed E-state index contributed by atoms with van der Waals surface area (Å²) in [6, 6.07) is 9.38. The highest BCUT2D eigenvalue weighted by atomic mass is 14.9. The van der Waals surface area contributed by atoms with Crippen molar-refractivity contribution in [2.24, 2.45) is 11.8 Å². The summed E-state index contributed by atoms with van der Waals surface area (Å²) in [6.07, 6.45) is 12.1. The van der Waals surface area contributed by atoms with Gasteiger partial charge in [-0.2, -0.15) is 0 Å². The van der Waals surface area contributed by atoms with E-state index in [0.717, 1.165) is 17.5 Å². The molecule has 3 heteroatoms. The van der Waals surface area contributed by atoms with Gasteiger partial charge in [-0.3, -0.25) is 0 Å². The number of aromatic amines is 1. The minimum absolute atomic E-state index is 0.669. The average Bonchev–Trinajstić information content (AvgIpc) is 3.24. The van der Waals surface area contributed by atoms with Crippen molar-refractivity contribution >= 4 is 5.69 Å². The molecule has 0 aliphatic heterocycles. The van der Waals surface area contributed by atoms with Gasteiger partial charge in [0.05, 0.1) is 18.2 Å². The van der Waals surface area contributed by atoms with Gasteiger partial charge in [-0.15, -0.1) is 0 Å².